The highest BCUT2D eigenvalue weighted by molar-refractivity contribution is 8.00. The van der Waals surface area contributed by atoms with Crippen molar-refractivity contribution in [3.8, 4) is 0 Å². The molecule has 0 aliphatic carbocycles. The minimum atomic E-state index is -0.405. The van der Waals surface area contributed by atoms with Crippen LogP contribution in [0.1, 0.15) is 0 Å². The van der Waals surface area contributed by atoms with E-state index in [0.29, 0.717) is 18.8 Å². The van der Waals surface area contributed by atoms with Gasteiger partial charge in [-0.2, -0.15) is 0 Å². The van der Waals surface area contributed by atoms with E-state index in [0.717, 1.165) is 11.4 Å². The monoisotopic (exact) mass is 293 g/mol. The van der Waals surface area contributed by atoms with Gasteiger partial charge in [-0.05, 0) is 12.1 Å². The van der Waals surface area contributed by atoms with Crippen LogP contribution in [0.5, 0.6) is 0 Å². The van der Waals surface area contributed by atoms with Crippen LogP contribution < -0.4 is 10.6 Å². The molecule has 1 saturated heterocycles. The first-order valence-corrected chi connectivity index (χ1v) is 7.60. The minimum Gasteiger partial charge on any atom is -0.357 e. The van der Waals surface area contributed by atoms with Crippen molar-refractivity contribution in [1.82, 2.24) is 15.5 Å². The van der Waals surface area contributed by atoms with Gasteiger partial charge < -0.3 is 15.5 Å². The van der Waals surface area contributed by atoms with Crippen molar-refractivity contribution in [2.24, 2.45) is 0 Å². The Kier molecular flexibility index (Phi) is 5.43. The summed E-state index contributed by atoms with van der Waals surface area (Å²) in [6.45, 7) is 1.82. The van der Waals surface area contributed by atoms with Gasteiger partial charge in [0.25, 0.3) is 0 Å². The van der Waals surface area contributed by atoms with E-state index < -0.39 is 6.04 Å². The van der Waals surface area contributed by atoms with E-state index in [1.807, 2.05) is 30.3 Å². The van der Waals surface area contributed by atoms with Crippen molar-refractivity contribution < 1.29 is 9.59 Å². The normalized spacial score (nSPS) is 18.6. The molecule has 20 heavy (non-hydrogen) atoms. The predicted octanol–water partition coefficient (Wildman–Crippen LogP) is 0.325. The van der Waals surface area contributed by atoms with Crippen LogP contribution >= 0.6 is 11.8 Å². The Morgan fingerprint density at radius 2 is 2.15 bits per heavy atom. The lowest BCUT2D eigenvalue weighted by atomic mass is 10.2. The number of thioether (sulfide) groups is 1. The van der Waals surface area contributed by atoms with Gasteiger partial charge in [0.2, 0.25) is 11.8 Å². The molecule has 2 amide bonds. The zero-order valence-corrected chi connectivity index (χ0v) is 12.3. The van der Waals surface area contributed by atoms with Gasteiger partial charge in [0.1, 0.15) is 6.04 Å². The van der Waals surface area contributed by atoms with Crippen molar-refractivity contribution in [2.75, 3.05) is 32.4 Å². The third-order valence-corrected chi connectivity index (χ3v) is 4.22. The maximum absolute atomic E-state index is 12.3. The van der Waals surface area contributed by atoms with Gasteiger partial charge in [-0.25, -0.2) is 0 Å². The fourth-order valence-corrected chi connectivity index (χ4v) is 2.95. The molecule has 0 aromatic heterocycles. The molecule has 1 heterocycles. The van der Waals surface area contributed by atoms with E-state index in [1.54, 1.807) is 11.9 Å². The number of hydrogen-bond donors (Lipinski definition) is 2. The van der Waals surface area contributed by atoms with Crippen LogP contribution in [0.25, 0.3) is 0 Å². The van der Waals surface area contributed by atoms with E-state index in [-0.39, 0.29) is 11.8 Å². The predicted molar refractivity (Wildman–Crippen MR) is 79.6 cm³/mol. The molecule has 1 aromatic rings. The molecule has 0 radical (unpaired) electrons. The maximum Gasteiger partial charge on any atom is 0.243 e. The number of nitrogens with one attached hydrogen (secondary N) is 2. The number of carbonyl (C=O) groups excluding carboxylic acids is 2. The van der Waals surface area contributed by atoms with E-state index in [1.165, 1.54) is 11.8 Å². The quantitative estimate of drug-likeness (QED) is 0.785. The molecule has 6 heteroatoms. The molecule has 5 nitrogen and oxygen atoms in total. The summed E-state index contributed by atoms with van der Waals surface area (Å²) < 4.78 is 0. The molecule has 1 atom stereocenters. The molecule has 108 valence electrons. The third-order valence-electron chi connectivity index (χ3n) is 3.22. The average molecular weight is 293 g/mol. The SMILES string of the molecule is CNC(=O)C1CNCCN1C(=O)CSc1ccccc1. The Balaban J connectivity index is 1.94. The second-order valence-corrected chi connectivity index (χ2v) is 5.57. The summed E-state index contributed by atoms with van der Waals surface area (Å²) in [5, 5.41) is 5.76. The second-order valence-electron chi connectivity index (χ2n) is 4.52. The van der Waals surface area contributed by atoms with Crippen LogP contribution in [0.2, 0.25) is 0 Å². The van der Waals surface area contributed by atoms with Gasteiger partial charge in [0, 0.05) is 31.6 Å². The Morgan fingerprint density at radius 3 is 2.85 bits per heavy atom. The molecule has 1 aromatic carbocycles. The topological polar surface area (TPSA) is 61.4 Å². The molecule has 0 spiro atoms. The molecular weight excluding hydrogens is 274 g/mol. The Hall–Kier alpha value is -1.53. The lowest BCUT2D eigenvalue weighted by molar-refractivity contribution is -0.139. The number of piperazine rings is 1. The smallest absolute Gasteiger partial charge is 0.243 e. The van der Waals surface area contributed by atoms with E-state index in [2.05, 4.69) is 10.6 Å². The highest BCUT2D eigenvalue weighted by Gasteiger charge is 2.31. The summed E-state index contributed by atoms with van der Waals surface area (Å²) in [7, 11) is 1.60. The number of rotatable bonds is 4. The van der Waals surface area contributed by atoms with Gasteiger partial charge >= 0.3 is 0 Å². The summed E-state index contributed by atoms with van der Waals surface area (Å²) in [4.78, 5) is 26.8. The van der Waals surface area contributed by atoms with Crippen LogP contribution in [0.4, 0.5) is 0 Å². The first kappa shape index (κ1) is 14.9. The first-order chi connectivity index (χ1) is 9.72. The molecule has 0 saturated carbocycles. The summed E-state index contributed by atoms with van der Waals surface area (Å²) in [6, 6.07) is 9.40. The summed E-state index contributed by atoms with van der Waals surface area (Å²) in [6.07, 6.45) is 0. The molecular formula is C14H19N3O2S. The average Bonchev–Trinajstić information content (AvgIpc) is 2.52. The number of nitrogens with zero attached hydrogens (tertiary/aromatic N) is 1. The number of amides is 2. The van der Waals surface area contributed by atoms with E-state index in [9.17, 15) is 9.59 Å². The summed E-state index contributed by atoms with van der Waals surface area (Å²) in [5.41, 5.74) is 0. The molecule has 1 fully saturated rings. The van der Waals surface area contributed by atoms with Crippen LogP contribution in [0.15, 0.2) is 35.2 Å². The standard InChI is InChI=1S/C14H19N3O2S/c1-15-14(19)12-9-16-7-8-17(12)13(18)10-20-11-5-3-2-4-6-11/h2-6,12,16H,7-10H2,1H3,(H,15,19). The lowest BCUT2D eigenvalue weighted by Gasteiger charge is -2.34. The second kappa shape index (κ2) is 7.31. The fourth-order valence-electron chi connectivity index (χ4n) is 2.15. The van der Waals surface area contributed by atoms with Gasteiger partial charge in [-0.1, -0.05) is 18.2 Å². The van der Waals surface area contributed by atoms with Crippen LogP contribution in [-0.4, -0.2) is 55.2 Å². The lowest BCUT2D eigenvalue weighted by Crippen LogP contribution is -2.59. The van der Waals surface area contributed by atoms with Crippen molar-refractivity contribution in [1.29, 1.82) is 0 Å². The van der Waals surface area contributed by atoms with Gasteiger partial charge in [-0.3, -0.25) is 9.59 Å². The highest BCUT2D eigenvalue weighted by atomic mass is 32.2. The van der Waals surface area contributed by atoms with Crippen LogP contribution in [0, 0.1) is 0 Å². The van der Waals surface area contributed by atoms with Crippen LogP contribution in [0.3, 0.4) is 0 Å². The zero-order valence-electron chi connectivity index (χ0n) is 11.5. The minimum absolute atomic E-state index is 0.00829. The van der Waals surface area contributed by atoms with Gasteiger partial charge in [0.05, 0.1) is 5.75 Å². The fraction of sp³-hybridized carbons (Fsp3) is 0.429. The Labute approximate surface area is 123 Å². The molecule has 1 aliphatic heterocycles. The van der Waals surface area contributed by atoms with Crippen molar-refractivity contribution >= 4 is 23.6 Å². The number of hydrogen-bond acceptors (Lipinski definition) is 4. The van der Waals surface area contributed by atoms with Crippen molar-refractivity contribution in [3.05, 3.63) is 30.3 Å². The van der Waals surface area contributed by atoms with E-state index >= 15 is 0 Å². The maximum atomic E-state index is 12.3. The summed E-state index contributed by atoms with van der Waals surface area (Å²) >= 11 is 1.50. The Morgan fingerprint density at radius 1 is 1.40 bits per heavy atom. The van der Waals surface area contributed by atoms with Gasteiger partial charge in [-0.15, -0.1) is 11.8 Å². The number of likely N-dealkylation sites (N-methyl/N-ethyl adjacent to an activating group) is 1. The number of carbonyl (C=O) groups is 2. The molecule has 2 N–H and O–H groups in total. The van der Waals surface area contributed by atoms with Crippen molar-refractivity contribution in [3.63, 3.8) is 0 Å². The number of benzene rings is 1. The highest BCUT2D eigenvalue weighted by Crippen LogP contribution is 2.18. The largest absolute Gasteiger partial charge is 0.357 e. The van der Waals surface area contributed by atoms with Gasteiger partial charge in [0.15, 0.2) is 0 Å². The molecule has 2 rings (SSSR count). The van der Waals surface area contributed by atoms with Crippen LogP contribution in [-0.2, 0) is 9.59 Å². The van der Waals surface area contributed by atoms with Crippen molar-refractivity contribution in [2.45, 2.75) is 10.9 Å². The molecule has 1 unspecified atom stereocenters. The first-order valence-electron chi connectivity index (χ1n) is 6.62. The Bertz CT molecular complexity index is 467. The zero-order chi connectivity index (χ0) is 14.4. The third kappa shape index (κ3) is 3.74. The van der Waals surface area contributed by atoms with E-state index in [4.69, 9.17) is 0 Å². The molecule has 0 bridgehead atoms. The molecule has 1 aliphatic rings. The summed E-state index contributed by atoms with van der Waals surface area (Å²) in [5.74, 6) is 0.251.